The molecule has 0 bridgehead atoms. The van der Waals surface area contributed by atoms with E-state index in [4.69, 9.17) is 10.5 Å². The number of ether oxygens (including phenoxy) is 1. The highest BCUT2D eigenvalue weighted by atomic mass is 16.5. The monoisotopic (exact) mass is 273 g/mol. The minimum absolute atomic E-state index is 0.0362. The largest absolute Gasteiger partial charge is 0.493 e. The highest BCUT2D eigenvalue weighted by Gasteiger charge is 2.21. The quantitative estimate of drug-likeness (QED) is 0.832. The molecule has 0 atom stereocenters. The number of anilines is 2. The van der Waals surface area contributed by atoms with E-state index in [0.29, 0.717) is 18.1 Å². The van der Waals surface area contributed by atoms with Crippen molar-refractivity contribution in [2.45, 2.75) is 13.0 Å². The summed E-state index contributed by atoms with van der Waals surface area (Å²) >= 11 is 0. The molecule has 1 aliphatic rings. The van der Waals surface area contributed by atoms with E-state index in [2.05, 4.69) is 19.9 Å². The van der Waals surface area contributed by atoms with Gasteiger partial charge in [0.15, 0.2) is 0 Å². The Morgan fingerprint density at radius 2 is 2.20 bits per heavy atom. The van der Waals surface area contributed by atoms with Crippen LogP contribution in [-0.2, 0) is 13.0 Å². The van der Waals surface area contributed by atoms with Crippen molar-refractivity contribution >= 4 is 11.4 Å². The number of aromatic nitrogens is 3. The lowest BCUT2D eigenvalue weighted by molar-refractivity contribution is 0.400. The van der Waals surface area contributed by atoms with Crippen molar-refractivity contribution in [1.82, 2.24) is 15.0 Å². The van der Waals surface area contributed by atoms with Gasteiger partial charge >= 0.3 is 0 Å². The second-order valence-corrected chi connectivity index (χ2v) is 4.59. The summed E-state index contributed by atoms with van der Waals surface area (Å²) in [4.78, 5) is 14.3. The van der Waals surface area contributed by atoms with Gasteiger partial charge in [-0.05, 0) is 6.07 Å². The zero-order valence-electron chi connectivity index (χ0n) is 11.1. The average Bonchev–Trinajstić information content (AvgIpc) is 2.47. The van der Waals surface area contributed by atoms with Gasteiger partial charge < -0.3 is 20.5 Å². The fourth-order valence-corrected chi connectivity index (χ4v) is 2.35. The highest BCUT2D eigenvalue weighted by molar-refractivity contribution is 5.60. The fourth-order valence-electron chi connectivity index (χ4n) is 2.35. The summed E-state index contributed by atoms with van der Waals surface area (Å²) in [5, 5.41) is 9.82. The third-order valence-corrected chi connectivity index (χ3v) is 3.40. The SMILES string of the molecule is COc1ncc(N2CCc3ncnc(O)c3C2)cc1N. The summed E-state index contributed by atoms with van der Waals surface area (Å²) in [5.74, 6) is 0.450. The normalized spacial score (nSPS) is 13.9. The van der Waals surface area contributed by atoms with Gasteiger partial charge in [-0.25, -0.2) is 15.0 Å². The molecule has 0 unspecified atom stereocenters. The Kier molecular flexibility index (Phi) is 3.02. The first-order chi connectivity index (χ1) is 9.69. The first-order valence-electron chi connectivity index (χ1n) is 6.25. The molecule has 104 valence electrons. The van der Waals surface area contributed by atoms with Crippen molar-refractivity contribution in [2.24, 2.45) is 0 Å². The van der Waals surface area contributed by atoms with E-state index in [1.165, 1.54) is 13.4 Å². The van der Waals surface area contributed by atoms with E-state index in [1.807, 2.05) is 6.07 Å². The van der Waals surface area contributed by atoms with Crippen molar-refractivity contribution in [1.29, 1.82) is 0 Å². The molecule has 7 nitrogen and oxygen atoms in total. The van der Waals surface area contributed by atoms with E-state index in [-0.39, 0.29) is 5.88 Å². The van der Waals surface area contributed by atoms with Crippen molar-refractivity contribution in [3.63, 3.8) is 0 Å². The Bertz CT molecular complexity index is 647. The molecule has 0 aliphatic carbocycles. The number of nitrogen functional groups attached to an aromatic ring is 1. The van der Waals surface area contributed by atoms with Crippen LogP contribution in [0.2, 0.25) is 0 Å². The van der Waals surface area contributed by atoms with Gasteiger partial charge in [0.25, 0.3) is 0 Å². The molecule has 2 aromatic heterocycles. The lowest BCUT2D eigenvalue weighted by Gasteiger charge is -2.30. The maximum absolute atomic E-state index is 9.82. The Morgan fingerprint density at radius 3 is 2.95 bits per heavy atom. The van der Waals surface area contributed by atoms with Crippen molar-refractivity contribution in [2.75, 3.05) is 24.3 Å². The average molecular weight is 273 g/mol. The summed E-state index contributed by atoms with van der Waals surface area (Å²) in [6, 6.07) is 1.82. The smallest absolute Gasteiger partial charge is 0.236 e. The maximum Gasteiger partial charge on any atom is 0.236 e. The zero-order valence-corrected chi connectivity index (χ0v) is 11.1. The van der Waals surface area contributed by atoms with Gasteiger partial charge in [-0.1, -0.05) is 0 Å². The number of pyridine rings is 1. The third kappa shape index (κ3) is 2.07. The van der Waals surface area contributed by atoms with Crippen LogP contribution in [0.15, 0.2) is 18.6 Å². The van der Waals surface area contributed by atoms with Crippen LogP contribution in [-0.4, -0.2) is 33.7 Å². The molecule has 0 saturated heterocycles. The van der Waals surface area contributed by atoms with Crippen LogP contribution < -0.4 is 15.4 Å². The molecular weight excluding hydrogens is 258 g/mol. The van der Waals surface area contributed by atoms with E-state index in [9.17, 15) is 5.11 Å². The summed E-state index contributed by atoms with van der Waals surface area (Å²) in [5.41, 5.74) is 8.90. The lowest BCUT2D eigenvalue weighted by Crippen LogP contribution is -2.31. The first-order valence-corrected chi connectivity index (χ1v) is 6.25. The maximum atomic E-state index is 9.82. The minimum Gasteiger partial charge on any atom is -0.493 e. The molecule has 0 amide bonds. The van der Waals surface area contributed by atoms with Crippen LogP contribution in [0.3, 0.4) is 0 Å². The highest BCUT2D eigenvalue weighted by Crippen LogP contribution is 2.29. The fraction of sp³-hybridized carbons (Fsp3) is 0.308. The summed E-state index contributed by atoms with van der Waals surface area (Å²) < 4.78 is 5.05. The van der Waals surface area contributed by atoms with Crippen molar-refractivity contribution in [3.05, 3.63) is 29.8 Å². The topological polar surface area (TPSA) is 97.4 Å². The Hall–Kier alpha value is -2.57. The molecule has 1 aliphatic heterocycles. The minimum atomic E-state index is 0.0362. The van der Waals surface area contributed by atoms with E-state index >= 15 is 0 Å². The molecular formula is C13H15N5O2. The Labute approximate surface area is 116 Å². The van der Waals surface area contributed by atoms with Crippen LogP contribution in [0, 0.1) is 0 Å². The molecule has 20 heavy (non-hydrogen) atoms. The van der Waals surface area contributed by atoms with Gasteiger partial charge in [0.05, 0.1) is 42.5 Å². The molecule has 3 heterocycles. The van der Waals surface area contributed by atoms with Crippen LogP contribution in [0.25, 0.3) is 0 Å². The standard InChI is InChI=1S/C13H15N5O2/c1-20-13-10(14)4-8(5-15-13)18-3-2-11-9(6-18)12(19)17-7-16-11/h4-5,7H,2-3,6,14H2,1H3,(H,16,17,19). The Balaban J connectivity index is 1.90. The number of methoxy groups -OCH3 is 1. The van der Waals surface area contributed by atoms with Crippen LogP contribution in [0.5, 0.6) is 11.8 Å². The molecule has 0 radical (unpaired) electrons. The number of hydrogen-bond acceptors (Lipinski definition) is 7. The molecule has 3 N–H and O–H groups in total. The number of hydrogen-bond donors (Lipinski definition) is 2. The van der Waals surface area contributed by atoms with Gasteiger partial charge in [0.2, 0.25) is 11.8 Å². The van der Waals surface area contributed by atoms with Gasteiger partial charge in [-0.15, -0.1) is 0 Å². The number of aromatic hydroxyl groups is 1. The molecule has 2 aromatic rings. The third-order valence-electron chi connectivity index (χ3n) is 3.40. The molecule has 0 fully saturated rings. The number of fused-ring (bicyclic) bond motifs is 1. The summed E-state index contributed by atoms with van der Waals surface area (Å²) in [6.07, 6.45) is 3.84. The van der Waals surface area contributed by atoms with E-state index < -0.39 is 0 Å². The van der Waals surface area contributed by atoms with E-state index in [1.54, 1.807) is 6.20 Å². The second kappa shape index (κ2) is 4.84. The molecule has 0 spiro atoms. The van der Waals surface area contributed by atoms with Gasteiger partial charge in [-0.3, -0.25) is 0 Å². The lowest BCUT2D eigenvalue weighted by atomic mass is 10.1. The van der Waals surface area contributed by atoms with Crippen molar-refractivity contribution in [3.8, 4) is 11.8 Å². The second-order valence-electron chi connectivity index (χ2n) is 4.59. The van der Waals surface area contributed by atoms with Crippen LogP contribution >= 0.6 is 0 Å². The zero-order chi connectivity index (χ0) is 14.1. The van der Waals surface area contributed by atoms with Gasteiger partial charge in [0.1, 0.15) is 6.33 Å². The van der Waals surface area contributed by atoms with Gasteiger partial charge in [-0.2, -0.15) is 0 Å². The molecule has 3 rings (SSSR count). The van der Waals surface area contributed by atoms with Crippen molar-refractivity contribution < 1.29 is 9.84 Å². The van der Waals surface area contributed by atoms with Gasteiger partial charge in [0, 0.05) is 13.0 Å². The van der Waals surface area contributed by atoms with Crippen LogP contribution in [0.1, 0.15) is 11.3 Å². The number of nitrogens with two attached hydrogens (primary N) is 1. The van der Waals surface area contributed by atoms with Crippen LogP contribution in [0.4, 0.5) is 11.4 Å². The molecule has 0 saturated carbocycles. The predicted octanol–water partition coefficient (Wildman–Crippen LogP) is 0.731. The number of nitrogens with zero attached hydrogens (tertiary/aromatic N) is 4. The molecule has 7 heteroatoms. The first kappa shape index (κ1) is 12.5. The number of rotatable bonds is 2. The summed E-state index contributed by atoms with van der Waals surface area (Å²) in [7, 11) is 1.53. The predicted molar refractivity (Wildman–Crippen MR) is 73.7 cm³/mol. The molecule has 0 aromatic carbocycles. The summed E-state index contributed by atoms with van der Waals surface area (Å²) in [6.45, 7) is 1.33. The van der Waals surface area contributed by atoms with E-state index in [0.717, 1.165) is 29.9 Å². The Morgan fingerprint density at radius 1 is 1.35 bits per heavy atom.